The van der Waals surface area contributed by atoms with Crippen molar-refractivity contribution in [2.75, 3.05) is 0 Å². The zero-order chi connectivity index (χ0) is 14.2. The molecule has 1 N–H and O–H groups in total. The molecule has 0 aliphatic rings. The third-order valence-corrected chi connectivity index (χ3v) is 2.40. The van der Waals surface area contributed by atoms with Crippen LogP contribution in [0.25, 0.3) is 5.95 Å². The van der Waals surface area contributed by atoms with Gasteiger partial charge in [-0.05, 0) is 6.07 Å². The number of rotatable bonds is 2. The van der Waals surface area contributed by atoms with Crippen LogP contribution in [0.4, 0.5) is 13.2 Å². The minimum Gasteiger partial charge on any atom is -0.478 e. The first-order valence-electron chi connectivity index (χ1n) is 4.68. The predicted octanol–water partition coefficient (Wildman–Crippen LogP) is 2.03. The van der Waals surface area contributed by atoms with Crippen molar-refractivity contribution in [1.29, 1.82) is 0 Å². The summed E-state index contributed by atoms with van der Waals surface area (Å²) in [6.45, 7) is 0. The van der Waals surface area contributed by atoms with E-state index in [2.05, 4.69) is 15.1 Å². The Bertz CT molecular complexity index is 626. The van der Waals surface area contributed by atoms with Gasteiger partial charge >= 0.3 is 12.1 Å². The van der Waals surface area contributed by atoms with E-state index in [4.69, 9.17) is 16.7 Å². The van der Waals surface area contributed by atoms with Crippen LogP contribution in [-0.4, -0.2) is 30.8 Å². The van der Waals surface area contributed by atoms with Gasteiger partial charge < -0.3 is 5.11 Å². The quantitative estimate of drug-likeness (QED) is 0.916. The van der Waals surface area contributed by atoms with Gasteiger partial charge in [0.25, 0.3) is 5.95 Å². The first-order valence-corrected chi connectivity index (χ1v) is 5.06. The van der Waals surface area contributed by atoms with E-state index < -0.39 is 28.6 Å². The summed E-state index contributed by atoms with van der Waals surface area (Å²) >= 11 is 5.60. The van der Waals surface area contributed by atoms with Crippen molar-refractivity contribution in [3.05, 3.63) is 34.9 Å². The smallest absolute Gasteiger partial charge is 0.436 e. The normalized spacial score (nSPS) is 11.6. The van der Waals surface area contributed by atoms with E-state index in [0.29, 0.717) is 4.68 Å². The van der Waals surface area contributed by atoms with Gasteiger partial charge in [-0.2, -0.15) is 23.0 Å². The molecule has 0 radical (unpaired) electrons. The number of hydrogen-bond donors (Lipinski definition) is 1. The summed E-state index contributed by atoms with van der Waals surface area (Å²) < 4.78 is 38.6. The van der Waals surface area contributed by atoms with Gasteiger partial charge in [0, 0.05) is 12.4 Å². The van der Waals surface area contributed by atoms with Gasteiger partial charge in [0.15, 0.2) is 10.8 Å². The second kappa shape index (κ2) is 4.50. The molecule has 0 saturated carbocycles. The first kappa shape index (κ1) is 13.3. The molecule has 0 aliphatic carbocycles. The molecule has 10 heteroatoms. The Morgan fingerprint density at radius 1 is 1.32 bits per heavy atom. The van der Waals surface area contributed by atoms with E-state index in [9.17, 15) is 18.0 Å². The van der Waals surface area contributed by atoms with Gasteiger partial charge in [-0.1, -0.05) is 11.6 Å². The lowest BCUT2D eigenvalue weighted by Gasteiger charge is -2.02. The highest BCUT2D eigenvalue weighted by molar-refractivity contribution is 6.32. The topological polar surface area (TPSA) is 80.9 Å². The summed E-state index contributed by atoms with van der Waals surface area (Å²) in [6.07, 6.45) is -2.43. The minimum absolute atomic E-state index is 0.259. The molecular formula is C9H4ClF3N4O2. The van der Waals surface area contributed by atoms with E-state index in [0.717, 1.165) is 0 Å². The molecule has 0 saturated heterocycles. The number of carbonyl (C=O) groups is 1. The molecule has 6 nitrogen and oxygen atoms in total. The van der Waals surface area contributed by atoms with Crippen molar-refractivity contribution >= 4 is 17.6 Å². The first-order chi connectivity index (χ1) is 8.82. The molecule has 2 aromatic rings. The maximum absolute atomic E-state index is 12.7. The Kier molecular flexibility index (Phi) is 3.14. The van der Waals surface area contributed by atoms with Gasteiger partial charge in [0.05, 0.1) is 0 Å². The highest BCUT2D eigenvalue weighted by atomic mass is 35.5. The fourth-order valence-electron chi connectivity index (χ4n) is 1.32. The van der Waals surface area contributed by atoms with Crippen LogP contribution in [-0.2, 0) is 6.18 Å². The monoisotopic (exact) mass is 292 g/mol. The third kappa shape index (κ3) is 2.36. The molecule has 0 spiro atoms. The van der Waals surface area contributed by atoms with E-state index in [1.807, 2.05) is 0 Å². The fraction of sp³-hybridized carbons (Fsp3) is 0.111. The van der Waals surface area contributed by atoms with Crippen molar-refractivity contribution < 1.29 is 23.1 Å². The standard InChI is InChI=1S/C9H4ClF3N4O2/c10-6-4(7(18)19)5(9(11,12)13)16-17(6)8-14-2-1-3-15-8/h1-3H,(H,18,19). The summed E-state index contributed by atoms with van der Waals surface area (Å²) in [5, 5.41) is 11.2. The highest BCUT2D eigenvalue weighted by Gasteiger charge is 2.42. The Labute approximate surface area is 108 Å². The van der Waals surface area contributed by atoms with Gasteiger partial charge in [0.2, 0.25) is 0 Å². The molecule has 0 bridgehead atoms. The van der Waals surface area contributed by atoms with Crippen LogP contribution in [0, 0.1) is 0 Å². The van der Waals surface area contributed by atoms with Crippen molar-refractivity contribution in [2.24, 2.45) is 0 Å². The third-order valence-electron chi connectivity index (χ3n) is 2.05. The van der Waals surface area contributed by atoms with E-state index in [-0.39, 0.29) is 5.95 Å². The molecule has 0 aromatic carbocycles. The molecule has 2 heterocycles. The molecule has 19 heavy (non-hydrogen) atoms. The number of aromatic nitrogens is 4. The van der Waals surface area contributed by atoms with Crippen LogP contribution in [0.5, 0.6) is 0 Å². The van der Waals surface area contributed by atoms with Crippen LogP contribution >= 0.6 is 11.6 Å². The highest BCUT2D eigenvalue weighted by Crippen LogP contribution is 2.35. The Balaban J connectivity index is 2.70. The average molecular weight is 293 g/mol. The summed E-state index contributed by atoms with van der Waals surface area (Å²) in [4.78, 5) is 18.2. The molecule has 2 rings (SSSR count). The summed E-state index contributed by atoms with van der Waals surface area (Å²) in [6, 6.07) is 1.43. The SMILES string of the molecule is O=C(O)c1c(C(F)(F)F)nn(-c2ncccn2)c1Cl. The van der Waals surface area contributed by atoms with Crippen molar-refractivity contribution in [3.63, 3.8) is 0 Å². The van der Waals surface area contributed by atoms with Crippen molar-refractivity contribution in [2.45, 2.75) is 6.18 Å². The summed E-state index contributed by atoms with van der Waals surface area (Å²) in [5.41, 5.74) is -2.74. The Hall–Kier alpha value is -2.16. The number of halogens is 4. The largest absolute Gasteiger partial charge is 0.478 e. The fourth-order valence-corrected chi connectivity index (χ4v) is 1.60. The van der Waals surface area contributed by atoms with E-state index in [1.54, 1.807) is 0 Å². The molecule has 0 fully saturated rings. The number of hydrogen-bond acceptors (Lipinski definition) is 4. The molecule has 0 amide bonds. The van der Waals surface area contributed by atoms with Crippen molar-refractivity contribution in [3.8, 4) is 5.95 Å². The molecule has 0 unspecified atom stereocenters. The molecule has 0 atom stereocenters. The van der Waals surface area contributed by atoms with Crippen LogP contribution in [0.2, 0.25) is 5.15 Å². The van der Waals surface area contributed by atoms with Gasteiger partial charge in [-0.25, -0.2) is 14.8 Å². The lowest BCUT2D eigenvalue weighted by atomic mass is 10.2. The van der Waals surface area contributed by atoms with Crippen LogP contribution in [0.15, 0.2) is 18.5 Å². The number of alkyl halides is 3. The summed E-state index contributed by atoms with van der Waals surface area (Å²) in [7, 11) is 0. The lowest BCUT2D eigenvalue weighted by Crippen LogP contribution is -2.12. The van der Waals surface area contributed by atoms with Gasteiger partial charge in [0.1, 0.15) is 5.56 Å². The van der Waals surface area contributed by atoms with Gasteiger partial charge in [-0.3, -0.25) is 0 Å². The molecule has 0 aliphatic heterocycles. The predicted molar refractivity (Wildman–Crippen MR) is 56.1 cm³/mol. The Morgan fingerprint density at radius 2 is 1.89 bits per heavy atom. The average Bonchev–Trinajstić information content (AvgIpc) is 2.68. The van der Waals surface area contributed by atoms with Gasteiger partial charge in [-0.15, -0.1) is 0 Å². The number of aromatic carboxylic acids is 1. The summed E-state index contributed by atoms with van der Waals surface area (Å²) in [5.74, 6) is -2.09. The lowest BCUT2D eigenvalue weighted by molar-refractivity contribution is -0.141. The van der Waals surface area contributed by atoms with Crippen molar-refractivity contribution in [1.82, 2.24) is 19.7 Å². The zero-order valence-corrected chi connectivity index (χ0v) is 9.64. The molecule has 100 valence electrons. The van der Waals surface area contributed by atoms with Crippen LogP contribution < -0.4 is 0 Å². The van der Waals surface area contributed by atoms with Crippen LogP contribution in [0.3, 0.4) is 0 Å². The van der Waals surface area contributed by atoms with Crippen LogP contribution in [0.1, 0.15) is 16.1 Å². The van der Waals surface area contributed by atoms with E-state index in [1.165, 1.54) is 18.5 Å². The zero-order valence-electron chi connectivity index (χ0n) is 8.89. The number of nitrogens with zero attached hydrogens (tertiary/aromatic N) is 4. The maximum atomic E-state index is 12.7. The minimum atomic E-state index is -4.95. The maximum Gasteiger partial charge on any atom is 0.436 e. The number of carboxylic acids is 1. The van der Waals surface area contributed by atoms with E-state index >= 15 is 0 Å². The second-order valence-corrected chi connectivity index (χ2v) is 3.64. The second-order valence-electron chi connectivity index (χ2n) is 3.28. The molecular weight excluding hydrogens is 289 g/mol. The molecule has 2 aromatic heterocycles. The Morgan fingerprint density at radius 3 is 2.32 bits per heavy atom. The number of carboxylic acid groups (broad SMARTS) is 1.